The molecule has 5 nitrogen and oxygen atoms in total. The number of nitro benzene ring substituents is 1. The summed E-state index contributed by atoms with van der Waals surface area (Å²) < 4.78 is 0. The highest BCUT2D eigenvalue weighted by molar-refractivity contribution is 7.80. The summed E-state index contributed by atoms with van der Waals surface area (Å²) in [6.45, 7) is 4.47. The Morgan fingerprint density at radius 1 is 1.56 bits per heavy atom. The van der Waals surface area contributed by atoms with Crippen molar-refractivity contribution < 1.29 is 4.92 Å². The topological polar surface area (TPSA) is 67.2 Å². The largest absolute Gasteiger partial charge is 0.363 e. The fourth-order valence-corrected chi connectivity index (χ4v) is 1.48. The van der Waals surface area contributed by atoms with E-state index in [0.29, 0.717) is 5.11 Å². The van der Waals surface area contributed by atoms with Crippen molar-refractivity contribution in [3.05, 3.63) is 33.9 Å². The molecule has 0 saturated carbocycles. The lowest BCUT2D eigenvalue weighted by Crippen LogP contribution is -2.28. The summed E-state index contributed by atoms with van der Waals surface area (Å²) >= 11 is 5.02. The Morgan fingerprint density at radius 3 is 2.75 bits per heavy atom. The number of hydrogen-bond donors (Lipinski definition) is 2. The normalized spacial score (nSPS) is 9.62. The zero-order chi connectivity index (χ0) is 12.1. The summed E-state index contributed by atoms with van der Waals surface area (Å²) in [6.07, 6.45) is 0. The molecule has 1 aromatic carbocycles. The van der Waals surface area contributed by atoms with E-state index < -0.39 is 4.92 Å². The Labute approximate surface area is 99.0 Å². The van der Waals surface area contributed by atoms with Gasteiger partial charge in [0.15, 0.2) is 5.11 Å². The van der Waals surface area contributed by atoms with E-state index in [1.165, 1.54) is 12.1 Å². The van der Waals surface area contributed by atoms with E-state index in [4.69, 9.17) is 12.2 Å². The van der Waals surface area contributed by atoms with Crippen molar-refractivity contribution in [3.8, 4) is 0 Å². The van der Waals surface area contributed by atoms with Crippen molar-refractivity contribution in [2.45, 2.75) is 13.8 Å². The van der Waals surface area contributed by atoms with E-state index in [9.17, 15) is 10.1 Å². The lowest BCUT2D eigenvalue weighted by atomic mass is 10.2. The van der Waals surface area contributed by atoms with E-state index in [1.807, 2.05) is 6.92 Å². The summed E-state index contributed by atoms with van der Waals surface area (Å²) in [5.74, 6) is 0. The van der Waals surface area contributed by atoms with Crippen LogP contribution in [0.15, 0.2) is 18.2 Å². The lowest BCUT2D eigenvalue weighted by molar-refractivity contribution is -0.384. The number of rotatable bonds is 3. The third-order valence-corrected chi connectivity index (χ3v) is 2.25. The first-order chi connectivity index (χ1) is 7.54. The van der Waals surface area contributed by atoms with Crippen LogP contribution in [-0.2, 0) is 0 Å². The van der Waals surface area contributed by atoms with Gasteiger partial charge in [-0.15, -0.1) is 0 Å². The van der Waals surface area contributed by atoms with Crippen LogP contribution in [0.2, 0.25) is 0 Å². The third-order valence-electron chi connectivity index (χ3n) is 2.01. The minimum atomic E-state index is -0.417. The van der Waals surface area contributed by atoms with Gasteiger partial charge in [-0.3, -0.25) is 10.1 Å². The molecule has 0 aromatic heterocycles. The van der Waals surface area contributed by atoms with Crippen LogP contribution in [0.5, 0.6) is 0 Å². The van der Waals surface area contributed by atoms with Gasteiger partial charge in [0.2, 0.25) is 0 Å². The van der Waals surface area contributed by atoms with E-state index in [-0.39, 0.29) is 5.69 Å². The van der Waals surface area contributed by atoms with Gasteiger partial charge in [0.05, 0.1) is 4.92 Å². The Kier molecular flexibility index (Phi) is 4.19. The summed E-state index contributed by atoms with van der Waals surface area (Å²) in [4.78, 5) is 10.1. The van der Waals surface area contributed by atoms with Crippen molar-refractivity contribution in [3.63, 3.8) is 0 Å². The average molecular weight is 239 g/mol. The molecular weight excluding hydrogens is 226 g/mol. The second kappa shape index (κ2) is 5.41. The monoisotopic (exact) mass is 239 g/mol. The third kappa shape index (κ3) is 3.16. The number of nitrogens with zero attached hydrogens (tertiary/aromatic N) is 1. The van der Waals surface area contributed by atoms with Crippen LogP contribution >= 0.6 is 12.2 Å². The van der Waals surface area contributed by atoms with Crippen LogP contribution in [0, 0.1) is 17.0 Å². The summed E-state index contributed by atoms with van der Waals surface area (Å²) in [7, 11) is 0. The second-order valence-electron chi connectivity index (χ2n) is 3.24. The molecule has 0 aliphatic rings. The van der Waals surface area contributed by atoms with Crippen LogP contribution in [0.4, 0.5) is 11.4 Å². The van der Waals surface area contributed by atoms with Gasteiger partial charge in [-0.1, -0.05) is 0 Å². The fraction of sp³-hybridized carbons (Fsp3) is 0.300. The van der Waals surface area contributed by atoms with Crippen LogP contribution in [0.1, 0.15) is 12.5 Å². The van der Waals surface area contributed by atoms with Gasteiger partial charge in [0, 0.05) is 24.4 Å². The number of aryl methyl sites for hydroxylation is 1. The second-order valence-corrected chi connectivity index (χ2v) is 3.65. The predicted molar refractivity (Wildman–Crippen MR) is 67.7 cm³/mol. The molecule has 6 heteroatoms. The van der Waals surface area contributed by atoms with Gasteiger partial charge in [0.1, 0.15) is 0 Å². The Hall–Kier alpha value is -1.69. The molecule has 16 heavy (non-hydrogen) atoms. The van der Waals surface area contributed by atoms with Crippen molar-refractivity contribution >= 4 is 28.7 Å². The number of nitrogens with one attached hydrogen (secondary N) is 2. The molecule has 0 aliphatic carbocycles. The molecule has 86 valence electrons. The molecule has 0 fully saturated rings. The highest BCUT2D eigenvalue weighted by Crippen LogP contribution is 2.20. The molecule has 2 N–H and O–H groups in total. The molecule has 1 rings (SSSR count). The molecular formula is C10H13N3O2S. The van der Waals surface area contributed by atoms with Crippen LogP contribution in [-0.4, -0.2) is 16.6 Å². The number of non-ortho nitro benzene ring substituents is 1. The molecule has 0 aliphatic heterocycles. The van der Waals surface area contributed by atoms with Gasteiger partial charge in [0.25, 0.3) is 5.69 Å². The molecule has 0 bridgehead atoms. The highest BCUT2D eigenvalue weighted by atomic mass is 32.1. The predicted octanol–water partition coefficient (Wildman–Crippen LogP) is 2.21. The maximum absolute atomic E-state index is 10.5. The van der Waals surface area contributed by atoms with Crippen molar-refractivity contribution in [1.82, 2.24) is 5.32 Å². The zero-order valence-electron chi connectivity index (χ0n) is 9.11. The molecule has 0 spiro atoms. The number of hydrogen-bond acceptors (Lipinski definition) is 3. The number of anilines is 1. The first-order valence-corrected chi connectivity index (χ1v) is 5.25. The zero-order valence-corrected chi connectivity index (χ0v) is 9.93. The van der Waals surface area contributed by atoms with Crippen molar-refractivity contribution in [2.24, 2.45) is 0 Å². The first-order valence-electron chi connectivity index (χ1n) is 4.84. The van der Waals surface area contributed by atoms with E-state index >= 15 is 0 Å². The van der Waals surface area contributed by atoms with Crippen LogP contribution in [0.25, 0.3) is 0 Å². The van der Waals surface area contributed by atoms with Gasteiger partial charge in [-0.05, 0) is 37.7 Å². The molecule has 0 amide bonds. The first kappa shape index (κ1) is 12.4. The van der Waals surface area contributed by atoms with Crippen molar-refractivity contribution in [2.75, 3.05) is 11.9 Å². The maximum atomic E-state index is 10.5. The molecule has 0 atom stereocenters. The van der Waals surface area contributed by atoms with Crippen LogP contribution < -0.4 is 10.6 Å². The lowest BCUT2D eigenvalue weighted by Gasteiger charge is -2.10. The van der Waals surface area contributed by atoms with E-state index in [1.54, 1.807) is 13.0 Å². The molecule has 0 unspecified atom stereocenters. The fourth-order valence-electron chi connectivity index (χ4n) is 1.23. The molecule has 0 saturated heterocycles. The summed E-state index contributed by atoms with van der Waals surface area (Å²) in [5.41, 5.74) is 1.64. The SMILES string of the molecule is CCNC(=S)Nc1ccc([N+](=O)[O-])cc1C. The van der Waals surface area contributed by atoms with Crippen LogP contribution in [0.3, 0.4) is 0 Å². The smallest absolute Gasteiger partial charge is 0.269 e. The van der Waals surface area contributed by atoms with E-state index in [0.717, 1.165) is 17.8 Å². The minimum absolute atomic E-state index is 0.0809. The number of benzene rings is 1. The van der Waals surface area contributed by atoms with Gasteiger partial charge in [-0.25, -0.2) is 0 Å². The average Bonchev–Trinajstić information content (AvgIpc) is 2.21. The van der Waals surface area contributed by atoms with Gasteiger partial charge >= 0.3 is 0 Å². The Morgan fingerprint density at radius 2 is 2.25 bits per heavy atom. The van der Waals surface area contributed by atoms with Crippen molar-refractivity contribution in [1.29, 1.82) is 0 Å². The minimum Gasteiger partial charge on any atom is -0.363 e. The quantitative estimate of drug-likeness (QED) is 0.481. The molecule has 0 heterocycles. The standard InChI is InChI=1S/C10H13N3O2S/c1-3-11-10(16)12-9-5-4-8(13(14)15)6-7(9)2/h4-6H,3H2,1-2H3,(H2,11,12,16). The van der Waals surface area contributed by atoms with E-state index in [2.05, 4.69) is 10.6 Å². The number of thiocarbonyl (C=S) groups is 1. The summed E-state index contributed by atoms with van der Waals surface area (Å²) in [5, 5.41) is 17.0. The highest BCUT2D eigenvalue weighted by Gasteiger charge is 2.08. The summed E-state index contributed by atoms with van der Waals surface area (Å²) in [6, 6.07) is 4.61. The molecule has 0 radical (unpaired) electrons. The molecule has 1 aromatic rings. The Balaban J connectivity index is 2.83. The van der Waals surface area contributed by atoms with Gasteiger partial charge in [-0.2, -0.15) is 0 Å². The Bertz CT molecular complexity index is 421. The maximum Gasteiger partial charge on any atom is 0.269 e. The van der Waals surface area contributed by atoms with Gasteiger partial charge < -0.3 is 10.6 Å². The number of nitro groups is 1.